The molecule has 1 aromatic carbocycles. The van der Waals surface area contributed by atoms with Gasteiger partial charge in [0.25, 0.3) is 0 Å². The molecule has 0 bridgehead atoms. The molecule has 0 spiro atoms. The minimum atomic E-state index is -0.508. The molecule has 4 heteroatoms. The van der Waals surface area contributed by atoms with Crippen LogP contribution in [0.2, 0.25) is 0 Å². The first-order valence-corrected chi connectivity index (χ1v) is 4.92. The van der Waals surface area contributed by atoms with E-state index in [1.165, 1.54) is 18.2 Å². The second-order valence-corrected chi connectivity index (χ2v) is 3.58. The van der Waals surface area contributed by atoms with E-state index in [1.807, 2.05) is 4.90 Å². The van der Waals surface area contributed by atoms with Gasteiger partial charge < -0.3 is 5.73 Å². The van der Waals surface area contributed by atoms with Crippen molar-refractivity contribution in [3.05, 3.63) is 35.4 Å². The zero-order valence-electron chi connectivity index (χ0n) is 9.00. The van der Waals surface area contributed by atoms with Crippen molar-refractivity contribution in [2.24, 2.45) is 5.73 Å². The molecule has 2 nitrogen and oxygen atoms in total. The second-order valence-electron chi connectivity index (χ2n) is 3.58. The van der Waals surface area contributed by atoms with E-state index < -0.39 is 11.6 Å². The molecule has 84 valence electrons. The average Bonchev–Trinajstić information content (AvgIpc) is 2.17. The Balaban J connectivity index is 2.94. The summed E-state index contributed by atoms with van der Waals surface area (Å²) in [5, 5.41) is 0. The molecular weight excluding hydrogens is 198 g/mol. The van der Waals surface area contributed by atoms with Gasteiger partial charge in [-0.3, -0.25) is 4.90 Å². The zero-order chi connectivity index (χ0) is 11.4. The van der Waals surface area contributed by atoms with Crippen LogP contribution in [0, 0.1) is 11.6 Å². The Bertz CT molecular complexity index is 308. The van der Waals surface area contributed by atoms with E-state index in [4.69, 9.17) is 5.73 Å². The highest BCUT2D eigenvalue weighted by Crippen LogP contribution is 2.24. The minimum absolute atomic E-state index is 0.105. The quantitative estimate of drug-likeness (QED) is 0.829. The third kappa shape index (κ3) is 2.73. The summed E-state index contributed by atoms with van der Waals surface area (Å²) in [6.07, 6.45) is 0. The topological polar surface area (TPSA) is 29.3 Å². The monoisotopic (exact) mass is 214 g/mol. The van der Waals surface area contributed by atoms with E-state index in [2.05, 4.69) is 0 Å². The lowest BCUT2D eigenvalue weighted by Crippen LogP contribution is -2.29. The highest BCUT2D eigenvalue weighted by Gasteiger charge is 2.18. The molecule has 0 amide bonds. The maximum Gasteiger partial charge on any atom is 0.130 e. The summed E-state index contributed by atoms with van der Waals surface area (Å²) < 4.78 is 26.8. The molecule has 0 saturated carbocycles. The van der Waals surface area contributed by atoms with Crippen molar-refractivity contribution in [2.45, 2.75) is 13.0 Å². The number of halogens is 2. The summed E-state index contributed by atoms with van der Waals surface area (Å²) in [6, 6.07) is 3.59. The Labute approximate surface area is 88.7 Å². The molecule has 0 aliphatic carbocycles. The summed E-state index contributed by atoms with van der Waals surface area (Å²) in [5.74, 6) is -1.02. The van der Waals surface area contributed by atoms with Crippen molar-refractivity contribution in [2.75, 3.05) is 20.1 Å². The number of rotatable bonds is 4. The van der Waals surface area contributed by atoms with Crippen molar-refractivity contribution >= 4 is 0 Å². The molecule has 15 heavy (non-hydrogen) atoms. The molecule has 0 heterocycles. The first-order valence-electron chi connectivity index (χ1n) is 4.92. The lowest BCUT2D eigenvalue weighted by atomic mass is 10.1. The van der Waals surface area contributed by atoms with Crippen molar-refractivity contribution in [1.82, 2.24) is 4.90 Å². The van der Waals surface area contributed by atoms with Crippen molar-refractivity contribution < 1.29 is 8.78 Å². The van der Waals surface area contributed by atoms with Gasteiger partial charge in [0, 0.05) is 24.7 Å². The van der Waals surface area contributed by atoms with E-state index in [0.29, 0.717) is 13.1 Å². The number of nitrogens with zero attached hydrogens (tertiary/aromatic N) is 1. The van der Waals surface area contributed by atoms with E-state index in [9.17, 15) is 8.78 Å². The van der Waals surface area contributed by atoms with Crippen LogP contribution in [0.4, 0.5) is 8.78 Å². The van der Waals surface area contributed by atoms with Crippen LogP contribution < -0.4 is 5.73 Å². The van der Waals surface area contributed by atoms with E-state index in [0.717, 1.165) is 0 Å². The van der Waals surface area contributed by atoms with Crippen LogP contribution in [0.25, 0.3) is 0 Å². The number of hydrogen-bond acceptors (Lipinski definition) is 2. The summed E-state index contributed by atoms with van der Waals surface area (Å²) in [6.45, 7) is 2.84. The van der Waals surface area contributed by atoms with Gasteiger partial charge in [-0.25, -0.2) is 8.78 Å². The highest BCUT2D eigenvalue weighted by molar-refractivity contribution is 5.22. The maximum absolute atomic E-state index is 13.4. The normalized spacial score (nSPS) is 13.2. The van der Waals surface area contributed by atoms with E-state index in [-0.39, 0.29) is 11.6 Å². The summed E-state index contributed by atoms with van der Waals surface area (Å²) in [7, 11) is 1.80. The fraction of sp³-hybridized carbons (Fsp3) is 0.455. The SMILES string of the molecule is CC(c1c(F)cccc1F)N(C)CCN. The van der Waals surface area contributed by atoms with Crippen LogP contribution >= 0.6 is 0 Å². The molecule has 0 radical (unpaired) electrons. The number of hydrogen-bond donors (Lipinski definition) is 1. The molecule has 0 fully saturated rings. The highest BCUT2D eigenvalue weighted by atomic mass is 19.1. The fourth-order valence-corrected chi connectivity index (χ4v) is 1.53. The Kier molecular flexibility index (Phi) is 4.17. The van der Waals surface area contributed by atoms with Gasteiger partial charge in [-0.05, 0) is 26.1 Å². The van der Waals surface area contributed by atoms with Gasteiger partial charge in [-0.15, -0.1) is 0 Å². The van der Waals surface area contributed by atoms with Crippen LogP contribution in [0.15, 0.2) is 18.2 Å². The molecule has 1 aromatic rings. The molecule has 0 aromatic heterocycles. The molecule has 0 aliphatic heterocycles. The molecule has 1 unspecified atom stereocenters. The van der Waals surface area contributed by atoms with Crippen LogP contribution in [0.3, 0.4) is 0 Å². The number of likely N-dealkylation sites (N-methyl/N-ethyl adjacent to an activating group) is 1. The van der Waals surface area contributed by atoms with Gasteiger partial charge in [0.1, 0.15) is 11.6 Å². The molecule has 2 N–H and O–H groups in total. The fourth-order valence-electron chi connectivity index (χ4n) is 1.53. The van der Waals surface area contributed by atoms with Gasteiger partial charge in [-0.1, -0.05) is 6.07 Å². The standard InChI is InChI=1S/C11H16F2N2/c1-8(15(2)7-6-14)11-9(12)4-3-5-10(11)13/h3-5,8H,6-7,14H2,1-2H3. The Morgan fingerprint density at radius 2 is 1.87 bits per heavy atom. The molecule has 0 aliphatic rings. The summed E-state index contributed by atoms with van der Waals surface area (Å²) in [4.78, 5) is 1.82. The first kappa shape index (κ1) is 12.1. The van der Waals surface area contributed by atoms with Crippen LogP contribution in [0.5, 0.6) is 0 Å². The third-order valence-electron chi connectivity index (χ3n) is 2.56. The second kappa shape index (κ2) is 5.19. The zero-order valence-corrected chi connectivity index (χ0v) is 9.00. The largest absolute Gasteiger partial charge is 0.329 e. The molecular formula is C11H16F2N2. The van der Waals surface area contributed by atoms with Gasteiger partial charge in [0.15, 0.2) is 0 Å². The maximum atomic E-state index is 13.4. The first-order chi connectivity index (χ1) is 7.07. The van der Waals surface area contributed by atoms with Crippen molar-refractivity contribution in [1.29, 1.82) is 0 Å². The minimum Gasteiger partial charge on any atom is -0.329 e. The molecule has 1 atom stereocenters. The number of benzene rings is 1. The number of nitrogens with two attached hydrogens (primary N) is 1. The third-order valence-corrected chi connectivity index (χ3v) is 2.56. The lowest BCUT2D eigenvalue weighted by Gasteiger charge is -2.24. The van der Waals surface area contributed by atoms with E-state index in [1.54, 1.807) is 14.0 Å². The van der Waals surface area contributed by atoms with Crippen molar-refractivity contribution in [3.8, 4) is 0 Å². The van der Waals surface area contributed by atoms with Gasteiger partial charge in [0.2, 0.25) is 0 Å². The summed E-state index contributed by atoms with van der Waals surface area (Å²) >= 11 is 0. The van der Waals surface area contributed by atoms with Gasteiger partial charge >= 0.3 is 0 Å². The average molecular weight is 214 g/mol. The lowest BCUT2D eigenvalue weighted by molar-refractivity contribution is 0.257. The van der Waals surface area contributed by atoms with Gasteiger partial charge in [0.05, 0.1) is 0 Å². The van der Waals surface area contributed by atoms with Crippen LogP contribution in [0.1, 0.15) is 18.5 Å². The smallest absolute Gasteiger partial charge is 0.130 e. The summed E-state index contributed by atoms with van der Waals surface area (Å²) in [5.41, 5.74) is 5.50. The van der Waals surface area contributed by atoms with E-state index >= 15 is 0 Å². The predicted molar refractivity (Wildman–Crippen MR) is 56.5 cm³/mol. The Morgan fingerprint density at radius 3 is 2.33 bits per heavy atom. The molecule has 1 rings (SSSR count). The van der Waals surface area contributed by atoms with Gasteiger partial charge in [-0.2, -0.15) is 0 Å². The Morgan fingerprint density at radius 1 is 1.33 bits per heavy atom. The Hall–Kier alpha value is -1.00. The van der Waals surface area contributed by atoms with Crippen LogP contribution in [-0.2, 0) is 0 Å². The predicted octanol–water partition coefficient (Wildman–Crippen LogP) is 1.92. The van der Waals surface area contributed by atoms with Crippen molar-refractivity contribution in [3.63, 3.8) is 0 Å². The van der Waals surface area contributed by atoms with Crippen LogP contribution in [-0.4, -0.2) is 25.0 Å². The molecule has 0 saturated heterocycles.